The first-order valence-electron chi connectivity index (χ1n) is 8.22. The highest BCUT2D eigenvalue weighted by Gasteiger charge is 2.44. The Balaban J connectivity index is 1.95. The van der Waals surface area contributed by atoms with Gasteiger partial charge in [0.1, 0.15) is 11.9 Å². The average molecular weight is 325 g/mol. The molecule has 5 heteroatoms. The van der Waals surface area contributed by atoms with Gasteiger partial charge in [-0.3, -0.25) is 4.79 Å². The number of rotatable bonds is 3. The van der Waals surface area contributed by atoms with Crippen LogP contribution >= 0.6 is 0 Å². The second-order valence-electron chi connectivity index (χ2n) is 7.62. The molecular weight excluding hydrogens is 302 g/mol. The van der Waals surface area contributed by atoms with Crippen molar-refractivity contribution >= 4 is 11.6 Å². The van der Waals surface area contributed by atoms with Gasteiger partial charge in [0, 0.05) is 31.0 Å². The maximum Gasteiger partial charge on any atom is 0.178 e. The third-order valence-corrected chi connectivity index (χ3v) is 5.08. The molecule has 1 saturated heterocycles. The molecule has 0 spiro atoms. The monoisotopic (exact) mass is 325 g/mol. The molecule has 1 aromatic heterocycles. The summed E-state index contributed by atoms with van der Waals surface area (Å²) in [5, 5.41) is 9.34. The lowest BCUT2D eigenvalue weighted by Gasteiger charge is -2.41. The molecule has 1 aromatic rings. The third-order valence-electron chi connectivity index (χ3n) is 5.08. The predicted octanol–water partition coefficient (Wildman–Crippen LogP) is 2.62. The van der Waals surface area contributed by atoms with Gasteiger partial charge in [-0.2, -0.15) is 5.26 Å². The van der Waals surface area contributed by atoms with Crippen molar-refractivity contribution in [3.05, 3.63) is 35.5 Å². The number of nitriles is 1. The van der Waals surface area contributed by atoms with Crippen LogP contribution in [0.5, 0.6) is 0 Å². The van der Waals surface area contributed by atoms with Gasteiger partial charge in [-0.1, -0.05) is 32.9 Å². The van der Waals surface area contributed by atoms with Crippen LogP contribution in [0, 0.1) is 16.7 Å². The average Bonchev–Trinajstić information content (AvgIpc) is 2.50. The van der Waals surface area contributed by atoms with E-state index < -0.39 is 10.8 Å². The minimum Gasteiger partial charge on any atom is -0.378 e. The quantitative estimate of drug-likeness (QED) is 0.854. The van der Waals surface area contributed by atoms with Gasteiger partial charge in [-0.05, 0) is 18.6 Å². The van der Waals surface area contributed by atoms with Crippen LogP contribution in [0.25, 0.3) is 0 Å². The first-order chi connectivity index (χ1) is 11.3. The number of Topliss-reactive ketones (excluding diaryl/α,β-unsaturated/α-hetero) is 1. The molecule has 0 N–H and O–H groups in total. The normalized spacial score (nSPS) is 26.5. The molecule has 1 fully saturated rings. The molecule has 5 nitrogen and oxygen atoms in total. The van der Waals surface area contributed by atoms with Gasteiger partial charge in [0.15, 0.2) is 5.78 Å². The molecule has 126 valence electrons. The van der Waals surface area contributed by atoms with E-state index in [0.29, 0.717) is 6.42 Å². The first kappa shape index (κ1) is 16.7. The van der Waals surface area contributed by atoms with E-state index in [9.17, 15) is 10.1 Å². The number of anilines is 1. The summed E-state index contributed by atoms with van der Waals surface area (Å²) in [7, 11) is 1.72. The van der Waals surface area contributed by atoms with Crippen molar-refractivity contribution in [2.24, 2.45) is 5.41 Å². The van der Waals surface area contributed by atoms with E-state index in [2.05, 4.69) is 17.9 Å². The molecule has 0 bridgehead atoms. The number of methoxy groups -OCH3 is 1. The summed E-state index contributed by atoms with van der Waals surface area (Å²) in [6.07, 6.45) is 2.70. The minimum absolute atomic E-state index is 0.0793. The fourth-order valence-corrected chi connectivity index (χ4v) is 3.74. The van der Waals surface area contributed by atoms with Gasteiger partial charge in [-0.25, -0.2) is 4.98 Å². The number of pyridine rings is 1. The number of aromatic nitrogens is 1. The Bertz CT molecular complexity index is 741. The van der Waals surface area contributed by atoms with E-state index in [4.69, 9.17) is 9.72 Å². The van der Waals surface area contributed by atoms with Crippen molar-refractivity contribution in [2.75, 3.05) is 25.1 Å². The van der Waals surface area contributed by atoms with E-state index in [1.54, 1.807) is 13.2 Å². The molecule has 0 aromatic carbocycles. The molecule has 1 aliphatic carbocycles. The zero-order valence-electron chi connectivity index (χ0n) is 14.7. The fourth-order valence-electron chi connectivity index (χ4n) is 3.74. The zero-order valence-corrected chi connectivity index (χ0v) is 14.7. The Morgan fingerprint density at radius 3 is 2.67 bits per heavy atom. The highest BCUT2D eigenvalue weighted by atomic mass is 16.5. The number of hydrogen-bond donors (Lipinski definition) is 0. The Kier molecular flexibility index (Phi) is 3.97. The zero-order chi connectivity index (χ0) is 17.5. The van der Waals surface area contributed by atoms with Crippen LogP contribution in [-0.2, 0) is 14.9 Å². The van der Waals surface area contributed by atoms with E-state index >= 15 is 0 Å². The van der Waals surface area contributed by atoms with Crippen LogP contribution in [0.3, 0.4) is 0 Å². The number of hydrogen-bond acceptors (Lipinski definition) is 5. The maximum atomic E-state index is 12.4. The van der Waals surface area contributed by atoms with E-state index in [-0.39, 0.29) is 17.5 Å². The molecular formula is C19H23N3O2. The third kappa shape index (κ3) is 2.71. The maximum absolute atomic E-state index is 12.4. The van der Waals surface area contributed by atoms with Crippen LogP contribution in [-0.4, -0.2) is 37.1 Å². The van der Waals surface area contributed by atoms with Crippen LogP contribution in [0.4, 0.5) is 5.82 Å². The molecule has 0 radical (unpaired) electrons. The summed E-state index contributed by atoms with van der Waals surface area (Å²) in [5.74, 6) is 0.841. The molecule has 2 aliphatic rings. The minimum atomic E-state index is -0.565. The van der Waals surface area contributed by atoms with Crippen molar-refractivity contribution in [1.82, 2.24) is 4.98 Å². The van der Waals surface area contributed by atoms with Crippen molar-refractivity contribution in [1.29, 1.82) is 5.26 Å². The highest BCUT2D eigenvalue weighted by molar-refractivity contribution is 6.04. The number of nitrogens with zero attached hydrogens (tertiary/aromatic N) is 3. The molecule has 0 amide bonds. The molecule has 1 aliphatic heterocycles. The van der Waals surface area contributed by atoms with Crippen LogP contribution in [0.1, 0.15) is 32.9 Å². The predicted molar refractivity (Wildman–Crippen MR) is 91.7 cm³/mol. The summed E-state index contributed by atoms with van der Waals surface area (Å²) in [6, 6.07) is 8.03. The molecule has 2 heterocycles. The lowest BCUT2D eigenvalue weighted by Crippen LogP contribution is -2.52. The van der Waals surface area contributed by atoms with Crippen molar-refractivity contribution in [3.63, 3.8) is 0 Å². The second-order valence-corrected chi connectivity index (χ2v) is 7.62. The van der Waals surface area contributed by atoms with Crippen LogP contribution < -0.4 is 4.90 Å². The first-order valence-corrected chi connectivity index (χ1v) is 8.22. The molecule has 24 heavy (non-hydrogen) atoms. The van der Waals surface area contributed by atoms with Gasteiger partial charge >= 0.3 is 0 Å². The topological polar surface area (TPSA) is 66.2 Å². The fraction of sp³-hybridized carbons (Fsp3) is 0.526. The summed E-state index contributed by atoms with van der Waals surface area (Å²) >= 11 is 0. The largest absolute Gasteiger partial charge is 0.378 e. The highest BCUT2D eigenvalue weighted by Crippen LogP contribution is 2.44. The number of ketones is 1. The van der Waals surface area contributed by atoms with Crippen molar-refractivity contribution in [3.8, 4) is 6.07 Å². The van der Waals surface area contributed by atoms with E-state index in [1.165, 1.54) is 0 Å². The van der Waals surface area contributed by atoms with Gasteiger partial charge in [0.05, 0.1) is 17.4 Å². The van der Waals surface area contributed by atoms with Gasteiger partial charge < -0.3 is 9.64 Å². The number of carbonyl (C=O) groups excluding carboxylic acids is 1. The Morgan fingerprint density at radius 2 is 2.04 bits per heavy atom. The summed E-state index contributed by atoms with van der Waals surface area (Å²) in [6.45, 7) is 7.54. The molecule has 1 atom stereocenters. The summed E-state index contributed by atoms with van der Waals surface area (Å²) < 4.78 is 5.32. The van der Waals surface area contributed by atoms with Crippen LogP contribution in [0.15, 0.2) is 29.8 Å². The Labute approximate surface area is 142 Å². The molecule has 0 saturated carbocycles. The summed E-state index contributed by atoms with van der Waals surface area (Å²) in [5.41, 5.74) is 0.146. The second kappa shape index (κ2) is 5.71. The van der Waals surface area contributed by atoms with Gasteiger partial charge in [0.25, 0.3) is 0 Å². The SMILES string of the molecule is COC1CN(c2cccc(C3(C)C=C(C#N)C(=O)C(C)(C)C3)n2)C1. The van der Waals surface area contributed by atoms with Crippen LogP contribution in [0.2, 0.25) is 0 Å². The van der Waals surface area contributed by atoms with Crippen molar-refractivity contribution < 1.29 is 9.53 Å². The lowest BCUT2D eigenvalue weighted by molar-refractivity contribution is -0.124. The number of carbonyl (C=O) groups is 1. The number of allylic oxidation sites excluding steroid dienone is 2. The van der Waals surface area contributed by atoms with Gasteiger partial charge in [0.2, 0.25) is 0 Å². The Morgan fingerprint density at radius 1 is 1.33 bits per heavy atom. The van der Waals surface area contributed by atoms with Gasteiger partial charge in [-0.15, -0.1) is 0 Å². The molecule has 3 rings (SSSR count). The molecule has 1 unspecified atom stereocenters. The number of ether oxygens (including phenoxy) is 1. The summed E-state index contributed by atoms with van der Waals surface area (Å²) in [4.78, 5) is 19.4. The van der Waals surface area contributed by atoms with E-state index in [1.807, 2.05) is 32.0 Å². The smallest absolute Gasteiger partial charge is 0.178 e. The van der Waals surface area contributed by atoms with E-state index in [0.717, 1.165) is 24.6 Å². The van der Waals surface area contributed by atoms with Crippen molar-refractivity contribution in [2.45, 2.75) is 38.7 Å². The standard InChI is InChI=1S/C19H23N3O2/c1-18(2)12-19(3,8-13(9-20)17(18)23)15-6-5-7-16(21-15)22-10-14(11-22)24-4/h5-8,14H,10-12H2,1-4H3. The lowest BCUT2D eigenvalue weighted by atomic mass is 9.64. The Hall–Kier alpha value is -2.19.